The SMILES string of the molecule is CCCC(N)CC(=O)CCS(=O)(=O)C(C)(C)C. The Bertz CT molecular complexity index is 341. The molecule has 0 rings (SSSR count). The fourth-order valence-electron chi connectivity index (χ4n) is 1.42. The first-order chi connectivity index (χ1) is 7.60. The Morgan fingerprint density at radius 2 is 1.82 bits per heavy atom. The molecule has 4 nitrogen and oxygen atoms in total. The van der Waals surface area contributed by atoms with E-state index < -0.39 is 14.6 Å². The predicted molar refractivity (Wildman–Crippen MR) is 70.7 cm³/mol. The van der Waals surface area contributed by atoms with Gasteiger partial charge in [-0.1, -0.05) is 13.3 Å². The summed E-state index contributed by atoms with van der Waals surface area (Å²) >= 11 is 0. The van der Waals surface area contributed by atoms with Gasteiger partial charge in [0.15, 0.2) is 9.84 Å². The lowest BCUT2D eigenvalue weighted by molar-refractivity contribution is -0.119. The summed E-state index contributed by atoms with van der Waals surface area (Å²) < 4.78 is 22.8. The van der Waals surface area contributed by atoms with Crippen LogP contribution in [0.2, 0.25) is 0 Å². The number of ketones is 1. The highest BCUT2D eigenvalue weighted by molar-refractivity contribution is 7.92. The molecule has 0 aromatic rings. The number of carbonyl (C=O) groups is 1. The standard InChI is InChI=1S/C12H25NO3S/c1-5-6-10(13)9-11(14)7-8-17(15,16)12(2,3)4/h10H,5-9,13H2,1-4H3. The lowest BCUT2D eigenvalue weighted by Gasteiger charge is -2.19. The zero-order chi connectivity index (χ0) is 13.7. The lowest BCUT2D eigenvalue weighted by Crippen LogP contribution is -2.32. The quantitative estimate of drug-likeness (QED) is 0.758. The summed E-state index contributed by atoms with van der Waals surface area (Å²) in [5, 5.41) is 0. The number of sulfone groups is 1. The molecule has 0 fully saturated rings. The molecule has 0 aromatic heterocycles. The highest BCUT2D eigenvalue weighted by Crippen LogP contribution is 2.17. The van der Waals surface area contributed by atoms with Gasteiger partial charge >= 0.3 is 0 Å². The predicted octanol–water partition coefficient (Wildman–Crippen LogP) is 1.68. The zero-order valence-corrected chi connectivity index (χ0v) is 12.1. The number of Topliss-reactive ketones (excluding diaryl/α,β-unsaturated/α-hetero) is 1. The van der Waals surface area contributed by atoms with E-state index in [1.165, 1.54) is 0 Å². The van der Waals surface area contributed by atoms with Crippen molar-refractivity contribution in [2.45, 2.75) is 64.2 Å². The number of rotatable bonds is 7. The minimum Gasteiger partial charge on any atom is -0.327 e. The molecule has 0 saturated heterocycles. The summed E-state index contributed by atoms with van der Waals surface area (Å²) in [6.45, 7) is 6.95. The molecule has 0 spiro atoms. The molecule has 102 valence electrons. The maximum absolute atomic E-state index is 11.8. The van der Waals surface area contributed by atoms with Gasteiger partial charge in [-0.05, 0) is 27.2 Å². The number of nitrogens with two attached hydrogens (primary N) is 1. The van der Waals surface area contributed by atoms with Crippen molar-refractivity contribution < 1.29 is 13.2 Å². The van der Waals surface area contributed by atoms with Crippen molar-refractivity contribution in [3.05, 3.63) is 0 Å². The third-order valence-electron chi connectivity index (χ3n) is 2.73. The molecule has 0 radical (unpaired) electrons. The van der Waals surface area contributed by atoms with Crippen molar-refractivity contribution in [3.8, 4) is 0 Å². The van der Waals surface area contributed by atoms with Gasteiger partial charge in [-0.25, -0.2) is 8.42 Å². The molecule has 17 heavy (non-hydrogen) atoms. The molecule has 0 aliphatic rings. The summed E-state index contributed by atoms with van der Waals surface area (Å²) in [5.41, 5.74) is 5.74. The second-order valence-electron chi connectivity index (χ2n) is 5.47. The van der Waals surface area contributed by atoms with Crippen LogP contribution in [0.3, 0.4) is 0 Å². The molecule has 0 amide bonds. The largest absolute Gasteiger partial charge is 0.327 e. The number of carbonyl (C=O) groups excluding carboxylic acids is 1. The second-order valence-corrected chi connectivity index (χ2v) is 8.34. The molecule has 1 atom stereocenters. The molecule has 5 heteroatoms. The summed E-state index contributed by atoms with van der Waals surface area (Å²) in [6, 6.07) is -0.134. The van der Waals surface area contributed by atoms with Crippen molar-refractivity contribution in [2.75, 3.05) is 5.75 Å². The third-order valence-corrected chi connectivity index (χ3v) is 5.34. The summed E-state index contributed by atoms with van der Waals surface area (Å²) in [4.78, 5) is 11.6. The van der Waals surface area contributed by atoms with Gasteiger partial charge in [-0.2, -0.15) is 0 Å². The Hall–Kier alpha value is -0.420. The molecule has 0 aromatic carbocycles. The van der Waals surface area contributed by atoms with Crippen molar-refractivity contribution in [1.29, 1.82) is 0 Å². The highest BCUT2D eigenvalue weighted by atomic mass is 32.2. The van der Waals surface area contributed by atoms with Gasteiger partial charge < -0.3 is 5.73 Å². The lowest BCUT2D eigenvalue weighted by atomic mass is 10.1. The molecule has 1 unspecified atom stereocenters. The maximum atomic E-state index is 11.8. The Balaban J connectivity index is 4.18. The number of hydrogen-bond acceptors (Lipinski definition) is 4. The normalized spacial score (nSPS) is 14.6. The van der Waals surface area contributed by atoms with Gasteiger partial charge in [-0.3, -0.25) is 4.79 Å². The van der Waals surface area contributed by atoms with E-state index in [0.29, 0.717) is 0 Å². The Morgan fingerprint density at radius 1 is 1.29 bits per heavy atom. The third kappa shape index (κ3) is 6.17. The van der Waals surface area contributed by atoms with E-state index in [4.69, 9.17) is 5.73 Å². The van der Waals surface area contributed by atoms with E-state index in [1.54, 1.807) is 20.8 Å². The van der Waals surface area contributed by atoms with E-state index in [2.05, 4.69) is 0 Å². The van der Waals surface area contributed by atoms with Crippen molar-refractivity contribution >= 4 is 15.6 Å². The molecule has 0 saturated carbocycles. The Morgan fingerprint density at radius 3 is 2.24 bits per heavy atom. The van der Waals surface area contributed by atoms with Crippen LogP contribution in [0.4, 0.5) is 0 Å². The molecule has 0 aliphatic carbocycles. The first kappa shape index (κ1) is 16.6. The van der Waals surface area contributed by atoms with E-state index >= 15 is 0 Å². The minimum absolute atomic E-state index is 0.0567. The molecule has 0 aliphatic heterocycles. The monoisotopic (exact) mass is 263 g/mol. The maximum Gasteiger partial charge on any atom is 0.155 e. The average molecular weight is 263 g/mol. The van der Waals surface area contributed by atoms with Crippen LogP contribution in [-0.2, 0) is 14.6 Å². The molecule has 2 N–H and O–H groups in total. The number of hydrogen-bond donors (Lipinski definition) is 1. The van der Waals surface area contributed by atoms with Crippen LogP contribution in [0.25, 0.3) is 0 Å². The van der Waals surface area contributed by atoms with Crippen molar-refractivity contribution in [3.63, 3.8) is 0 Å². The summed E-state index contributed by atoms with van der Waals surface area (Å²) in [7, 11) is -3.20. The van der Waals surface area contributed by atoms with Crippen LogP contribution >= 0.6 is 0 Å². The average Bonchev–Trinajstić information content (AvgIpc) is 2.13. The highest BCUT2D eigenvalue weighted by Gasteiger charge is 2.29. The van der Waals surface area contributed by atoms with Crippen molar-refractivity contribution in [2.24, 2.45) is 5.73 Å². The first-order valence-corrected chi connectivity index (χ1v) is 7.75. The van der Waals surface area contributed by atoms with E-state index in [-0.39, 0.29) is 30.4 Å². The van der Waals surface area contributed by atoms with Gasteiger partial charge in [0.25, 0.3) is 0 Å². The van der Waals surface area contributed by atoms with Crippen LogP contribution in [-0.4, -0.2) is 30.7 Å². The first-order valence-electron chi connectivity index (χ1n) is 6.09. The summed E-state index contributed by atoms with van der Waals surface area (Å²) in [6.07, 6.45) is 2.11. The van der Waals surface area contributed by atoms with E-state index in [9.17, 15) is 13.2 Å². The van der Waals surface area contributed by atoms with Crippen LogP contribution in [0, 0.1) is 0 Å². The van der Waals surface area contributed by atoms with Gasteiger partial charge in [0.2, 0.25) is 0 Å². The molecular formula is C12H25NO3S. The zero-order valence-electron chi connectivity index (χ0n) is 11.3. The van der Waals surface area contributed by atoms with E-state index in [0.717, 1.165) is 12.8 Å². The van der Waals surface area contributed by atoms with Gasteiger partial charge in [-0.15, -0.1) is 0 Å². The molecule has 0 heterocycles. The Kier molecular flexibility index (Phi) is 6.34. The second kappa shape index (κ2) is 6.50. The fourth-order valence-corrected chi connectivity index (χ4v) is 2.53. The fraction of sp³-hybridized carbons (Fsp3) is 0.917. The minimum atomic E-state index is -3.20. The van der Waals surface area contributed by atoms with Gasteiger partial charge in [0.1, 0.15) is 5.78 Å². The van der Waals surface area contributed by atoms with Gasteiger partial charge in [0, 0.05) is 18.9 Å². The van der Waals surface area contributed by atoms with Crippen LogP contribution in [0.5, 0.6) is 0 Å². The van der Waals surface area contributed by atoms with Crippen molar-refractivity contribution in [1.82, 2.24) is 0 Å². The van der Waals surface area contributed by atoms with E-state index in [1.807, 2.05) is 6.92 Å². The van der Waals surface area contributed by atoms with Crippen LogP contribution in [0.15, 0.2) is 0 Å². The van der Waals surface area contributed by atoms with Crippen LogP contribution in [0.1, 0.15) is 53.4 Å². The topological polar surface area (TPSA) is 77.2 Å². The van der Waals surface area contributed by atoms with Crippen LogP contribution < -0.4 is 5.73 Å². The smallest absolute Gasteiger partial charge is 0.155 e. The van der Waals surface area contributed by atoms with Gasteiger partial charge in [0.05, 0.1) is 10.5 Å². The summed E-state index contributed by atoms with van der Waals surface area (Å²) in [5.74, 6) is -0.132. The Labute approximate surface area is 105 Å². The molecule has 0 bridgehead atoms. The molecular weight excluding hydrogens is 238 g/mol.